The Hall–Kier alpha value is -3.61. The van der Waals surface area contributed by atoms with Crippen molar-refractivity contribution in [3.05, 3.63) is 59.9 Å². The average Bonchev–Trinajstić information content (AvgIpc) is 3.20. The number of amides is 1. The number of nitrogen functional groups attached to an aromatic ring is 1. The van der Waals surface area contributed by atoms with Crippen molar-refractivity contribution in [1.29, 1.82) is 0 Å². The number of likely N-dealkylation sites (N-methyl/N-ethyl adjacent to an activating group) is 1. The van der Waals surface area contributed by atoms with Gasteiger partial charge in [0.1, 0.15) is 0 Å². The third-order valence-electron chi connectivity index (χ3n) is 4.71. The van der Waals surface area contributed by atoms with Gasteiger partial charge in [-0.05, 0) is 35.2 Å². The van der Waals surface area contributed by atoms with Gasteiger partial charge in [-0.25, -0.2) is 4.98 Å². The SMILES string of the molecule is CN(Cc1cc2ccccc2n1C)C(=O)/C=C/c1cnc2[nH]nc(N)c2c1. The van der Waals surface area contributed by atoms with E-state index in [0.717, 1.165) is 22.2 Å². The third kappa shape index (κ3) is 3.15. The van der Waals surface area contributed by atoms with Crippen LogP contribution in [0.4, 0.5) is 5.82 Å². The first kappa shape index (κ1) is 16.8. The molecule has 27 heavy (non-hydrogen) atoms. The summed E-state index contributed by atoms with van der Waals surface area (Å²) in [6.07, 6.45) is 4.95. The molecule has 3 N–H and O–H groups in total. The van der Waals surface area contributed by atoms with Gasteiger partial charge in [-0.1, -0.05) is 18.2 Å². The van der Waals surface area contributed by atoms with E-state index in [4.69, 9.17) is 5.73 Å². The number of H-pyrrole nitrogens is 1. The van der Waals surface area contributed by atoms with Crippen LogP contribution in [0.5, 0.6) is 0 Å². The number of anilines is 1. The second kappa shape index (κ2) is 6.60. The summed E-state index contributed by atoms with van der Waals surface area (Å²) < 4.78 is 2.11. The second-order valence-corrected chi connectivity index (χ2v) is 6.55. The van der Waals surface area contributed by atoms with E-state index in [1.165, 1.54) is 5.39 Å². The molecule has 0 spiro atoms. The Morgan fingerprint density at radius 3 is 2.96 bits per heavy atom. The van der Waals surface area contributed by atoms with Crippen LogP contribution in [0.1, 0.15) is 11.3 Å². The highest BCUT2D eigenvalue weighted by Gasteiger charge is 2.11. The average molecular weight is 360 g/mol. The molecule has 0 atom stereocenters. The van der Waals surface area contributed by atoms with Gasteiger partial charge < -0.3 is 15.2 Å². The summed E-state index contributed by atoms with van der Waals surface area (Å²) in [6.45, 7) is 0.528. The highest BCUT2D eigenvalue weighted by atomic mass is 16.2. The van der Waals surface area contributed by atoms with Gasteiger partial charge in [0.25, 0.3) is 0 Å². The van der Waals surface area contributed by atoms with Crippen molar-refractivity contribution < 1.29 is 4.79 Å². The number of carbonyl (C=O) groups excluding carboxylic acids is 1. The summed E-state index contributed by atoms with van der Waals surface area (Å²) >= 11 is 0. The van der Waals surface area contributed by atoms with Crippen molar-refractivity contribution >= 4 is 39.7 Å². The van der Waals surface area contributed by atoms with Gasteiger partial charge >= 0.3 is 0 Å². The van der Waals surface area contributed by atoms with Crippen LogP contribution in [0.2, 0.25) is 0 Å². The van der Waals surface area contributed by atoms with Crippen LogP contribution in [-0.2, 0) is 18.4 Å². The number of carbonyl (C=O) groups is 1. The topological polar surface area (TPSA) is 92.8 Å². The molecule has 0 fully saturated rings. The number of hydrogen-bond donors (Lipinski definition) is 2. The van der Waals surface area contributed by atoms with Crippen molar-refractivity contribution in [3.8, 4) is 0 Å². The number of pyridine rings is 1. The highest BCUT2D eigenvalue weighted by molar-refractivity contribution is 5.93. The lowest BCUT2D eigenvalue weighted by Crippen LogP contribution is -2.25. The summed E-state index contributed by atoms with van der Waals surface area (Å²) in [5.41, 5.74) is 9.45. The molecule has 0 aliphatic heterocycles. The molecule has 1 amide bonds. The number of hydrogen-bond acceptors (Lipinski definition) is 4. The van der Waals surface area contributed by atoms with Crippen LogP contribution in [0.25, 0.3) is 28.0 Å². The Morgan fingerprint density at radius 1 is 1.33 bits per heavy atom. The molecule has 0 saturated heterocycles. The Kier molecular flexibility index (Phi) is 4.12. The van der Waals surface area contributed by atoms with Gasteiger partial charge in [0.15, 0.2) is 11.5 Å². The molecule has 3 aromatic heterocycles. The fourth-order valence-electron chi connectivity index (χ4n) is 3.14. The van der Waals surface area contributed by atoms with Crippen molar-refractivity contribution in [1.82, 2.24) is 24.6 Å². The molecule has 0 unspecified atom stereocenters. The zero-order valence-corrected chi connectivity index (χ0v) is 15.2. The molecule has 0 aliphatic carbocycles. The maximum absolute atomic E-state index is 12.5. The van der Waals surface area contributed by atoms with Crippen LogP contribution in [0.3, 0.4) is 0 Å². The lowest BCUT2D eigenvalue weighted by atomic mass is 10.2. The van der Waals surface area contributed by atoms with Gasteiger partial charge in [0.05, 0.1) is 11.9 Å². The normalized spacial score (nSPS) is 11.6. The van der Waals surface area contributed by atoms with E-state index < -0.39 is 0 Å². The van der Waals surface area contributed by atoms with Gasteiger partial charge in [-0.2, -0.15) is 5.10 Å². The number of aromatic amines is 1. The molecule has 0 saturated carbocycles. The number of nitrogens with one attached hydrogen (secondary N) is 1. The Morgan fingerprint density at radius 2 is 2.15 bits per heavy atom. The van der Waals surface area contributed by atoms with Gasteiger partial charge in [-0.15, -0.1) is 0 Å². The van der Waals surface area contributed by atoms with E-state index in [1.54, 1.807) is 30.3 Å². The minimum atomic E-state index is -0.0829. The lowest BCUT2D eigenvalue weighted by Gasteiger charge is -2.15. The molecule has 7 heteroatoms. The molecule has 3 heterocycles. The molecular formula is C20H20N6O. The largest absolute Gasteiger partial charge is 0.382 e. The minimum absolute atomic E-state index is 0.0829. The number of benzene rings is 1. The summed E-state index contributed by atoms with van der Waals surface area (Å²) in [6, 6.07) is 12.1. The quantitative estimate of drug-likeness (QED) is 0.547. The molecular weight excluding hydrogens is 340 g/mol. The van der Waals surface area contributed by atoms with E-state index in [9.17, 15) is 4.79 Å². The number of aromatic nitrogens is 4. The Labute approximate surface area is 156 Å². The highest BCUT2D eigenvalue weighted by Crippen LogP contribution is 2.20. The molecule has 4 aromatic rings. The predicted molar refractivity (Wildman–Crippen MR) is 107 cm³/mol. The van der Waals surface area contributed by atoms with E-state index in [-0.39, 0.29) is 5.91 Å². The number of fused-ring (bicyclic) bond motifs is 2. The van der Waals surface area contributed by atoms with Gasteiger partial charge in [0.2, 0.25) is 5.91 Å². The van der Waals surface area contributed by atoms with Crippen molar-refractivity contribution in [3.63, 3.8) is 0 Å². The smallest absolute Gasteiger partial charge is 0.246 e. The molecule has 7 nitrogen and oxygen atoms in total. The van der Waals surface area contributed by atoms with Crippen molar-refractivity contribution in [2.75, 3.05) is 12.8 Å². The van der Waals surface area contributed by atoms with E-state index in [0.29, 0.717) is 18.0 Å². The van der Waals surface area contributed by atoms with Crippen LogP contribution in [0, 0.1) is 0 Å². The molecule has 0 bridgehead atoms. The van der Waals surface area contributed by atoms with Crippen LogP contribution in [0.15, 0.2) is 48.7 Å². The van der Waals surface area contributed by atoms with Gasteiger partial charge in [0, 0.05) is 37.6 Å². The fraction of sp³-hybridized carbons (Fsp3) is 0.150. The van der Waals surface area contributed by atoms with Gasteiger partial charge in [-0.3, -0.25) is 9.89 Å². The number of aryl methyl sites for hydroxylation is 1. The molecule has 0 radical (unpaired) electrons. The van der Waals surface area contributed by atoms with Crippen molar-refractivity contribution in [2.24, 2.45) is 7.05 Å². The first-order valence-electron chi connectivity index (χ1n) is 8.59. The standard InChI is InChI=1S/C20H20N6O/c1-25(12-15-10-14-5-3-4-6-17(14)26(15)2)18(27)8-7-13-9-16-19(21)23-24-20(16)22-11-13/h3-11H,12H2,1-2H3,(H3,21,22,23,24)/b8-7+. The summed E-state index contributed by atoms with van der Waals surface area (Å²) in [5.74, 6) is 0.312. The van der Waals surface area contributed by atoms with Crippen molar-refractivity contribution in [2.45, 2.75) is 6.54 Å². The van der Waals surface area contributed by atoms with E-state index in [1.807, 2.05) is 25.2 Å². The monoisotopic (exact) mass is 360 g/mol. The first-order chi connectivity index (χ1) is 13.0. The number of nitrogens with zero attached hydrogens (tertiary/aromatic N) is 4. The predicted octanol–water partition coefficient (Wildman–Crippen LogP) is 2.70. The lowest BCUT2D eigenvalue weighted by molar-refractivity contribution is -0.125. The molecule has 4 rings (SSSR count). The summed E-state index contributed by atoms with van der Waals surface area (Å²) in [4.78, 5) is 18.4. The number of para-hydroxylation sites is 1. The van der Waals surface area contributed by atoms with Crippen LogP contribution >= 0.6 is 0 Å². The van der Waals surface area contributed by atoms with Crippen LogP contribution in [-0.4, -0.2) is 37.6 Å². The minimum Gasteiger partial charge on any atom is -0.382 e. The summed E-state index contributed by atoms with van der Waals surface area (Å²) in [5, 5.41) is 8.59. The zero-order chi connectivity index (χ0) is 19.0. The Balaban J connectivity index is 1.50. The number of rotatable bonds is 4. The van der Waals surface area contributed by atoms with E-state index >= 15 is 0 Å². The van der Waals surface area contributed by atoms with E-state index in [2.05, 4.69) is 37.9 Å². The second-order valence-electron chi connectivity index (χ2n) is 6.55. The maximum atomic E-state index is 12.5. The zero-order valence-electron chi connectivity index (χ0n) is 15.2. The molecule has 0 aliphatic rings. The fourth-order valence-corrected chi connectivity index (χ4v) is 3.14. The first-order valence-corrected chi connectivity index (χ1v) is 8.59. The molecule has 136 valence electrons. The maximum Gasteiger partial charge on any atom is 0.246 e. The summed E-state index contributed by atoms with van der Waals surface area (Å²) in [7, 11) is 3.81. The Bertz CT molecular complexity index is 1170. The van der Waals surface area contributed by atoms with Crippen LogP contribution < -0.4 is 5.73 Å². The molecule has 1 aromatic carbocycles. The third-order valence-corrected chi connectivity index (χ3v) is 4.71. The number of nitrogens with two attached hydrogens (primary N) is 1.